The Bertz CT molecular complexity index is 638. The molecule has 0 unspecified atom stereocenters. The summed E-state index contributed by atoms with van der Waals surface area (Å²) in [5.74, 6) is -1.27. The fraction of sp³-hybridized carbons (Fsp3) is 0.400. The highest BCUT2D eigenvalue weighted by molar-refractivity contribution is 7.80. The molecule has 4 N–H and O–H groups in total. The maximum absolute atomic E-state index is 12.5. The second-order valence-electron chi connectivity index (χ2n) is 5.26. The number of amides is 2. The molecule has 0 aromatic heterocycles. The van der Waals surface area contributed by atoms with Gasteiger partial charge in [0.25, 0.3) is 11.8 Å². The van der Waals surface area contributed by atoms with Crippen molar-refractivity contribution in [2.75, 3.05) is 20.3 Å². The highest BCUT2D eigenvalue weighted by Crippen LogP contribution is 2.28. The SMILES string of the molecule is COC[C@@H](C)NC(=S)NNC(=O)CNC(=O)c1ccc(C(F)(F)F)cc1. The van der Waals surface area contributed by atoms with E-state index in [0.717, 1.165) is 24.3 Å². The first-order valence-electron chi connectivity index (χ1n) is 7.43. The number of alkyl halides is 3. The molecule has 144 valence electrons. The van der Waals surface area contributed by atoms with Crippen molar-refractivity contribution >= 4 is 29.1 Å². The van der Waals surface area contributed by atoms with E-state index in [1.807, 2.05) is 6.92 Å². The van der Waals surface area contributed by atoms with Crippen LogP contribution in [0.2, 0.25) is 0 Å². The van der Waals surface area contributed by atoms with Gasteiger partial charge in [0.2, 0.25) is 0 Å². The molecule has 0 aliphatic rings. The average Bonchev–Trinajstić information content (AvgIpc) is 2.57. The normalized spacial score (nSPS) is 12.0. The van der Waals surface area contributed by atoms with Crippen LogP contribution in [0.1, 0.15) is 22.8 Å². The quantitative estimate of drug-likeness (QED) is 0.426. The first-order valence-corrected chi connectivity index (χ1v) is 7.84. The van der Waals surface area contributed by atoms with Crippen LogP contribution in [0, 0.1) is 0 Å². The maximum Gasteiger partial charge on any atom is 0.416 e. The van der Waals surface area contributed by atoms with Gasteiger partial charge < -0.3 is 15.4 Å². The van der Waals surface area contributed by atoms with Crippen LogP contribution in [0.3, 0.4) is 0 Å². The van der Waals surface area contributed by atoms with Gasteiger partial charge >= 0.3 is 6.18 Å². The third kappa shape index (κ3) is 7.66. The molecule has 0 radical (unpaired) electrons. The number of methoxy groups -OCH3 is 1. The molecule has 1 rings (SSSR count). The summed E-state index contributed by atoms with van der Waals surface area (Å²) in [5, 5.41) is 5.30. The molecule has 0 saturated heterocycles. The zero-order valence-electron chi connectivity index (χ0n) is 14.1. The minimum atomic E-state index is -4.48. The summed E-state index contributed by atoms with van der Waals surface area (Å²) in [6.07, 6.45) is -4.48. The molecular formula is C15H19F3N4O3S. The number of rotatable bonds is 6. The minimum absolute atomic E-state index is 0.00402. The number of carbonyl (C=O) groups is 2. The van der Waals surface area contributed by atoms with E-state index in [-0.39, 0.29) is 23.3 Å². The van der Waals surface area contributed by atoms with Gasteiger partial charge in [0.15, 0.2) is 5.11 Å². The lowest BCUT2D eigenvalue weighted by Gasteiger charge is -2.16. The van der Waals surface area contributed by atoms with E-state index in [0.29, 0.717) is 6.61 Å². The Morgan fingerprint density at radius 3 is 2.35 bits per heavy atom. The molecule has 0 aliphatic carbocycles. The molecule has 11 heteroatoms. The average molecular weight is 392 g/mol. The van der Waals surface area contributed by atoms with Crippen LogP contribution in [0.5, 0.6) is 0 Å². The summed E-state index contributed by atoms with van der Waals surface area (Å²) in [6, 6.07) is 3.58. The number of hydrogen-bond acceptors (Lipinski definition) is 4. The Kier molecular flexibility index (Phi) is 8.26. The molecule has 2 amide bonds. The van der Waals surface area contributed by atoms with E-state index in [9.17, 15) is 22.8 Å². The number of nitrogens with one attached hydrogen (secondary N) is 4. The van der Waals surface area contributed by atoms with Crippen LogP contribution in [-0.2, 0) is 15.7 Å². The predicted molar refractivity (Wildman–Crippen MR) is 92.1 cm³/mol. The van der Waals surface area contributed by atoms with E-state index >= 15 is 0 Å². The number of halogens is 3. The molecule has 1 aromatic rings. The van der Waals surface area contributed by atoms with Gasteiger partial charge in [0.05, 0.1) is 18.7 Å². The van der Waals surface area contributed by atoms with Gasteiger partial charge in [0.1, 0.15) is 0 Å². The fourth-order valence-electron chi connectivity index (χ4n) is 1.80. The summed E-state index contributed by atoms with van der Waals surface area (Å²) in [6.45, 7) is 1.85. The van der Waals surface area contributed by atoms with Crippen LogP contribution in [0.15, 0.2) is 24.3 Å². The Hall–Kier alpha value is -2.40. The number of benzene rings is 1. The van der Waals surface area contributed by atoms with Crippen molar-refractivity contribution in [3.63, 3.8) is 0 Å². The van der Waals surface area contributed by atoms with Crippen LogP contribution in [0.25, 0.3) is 0 Å². The molecule has 0 heterocycles. The number of carbonyl (C=O) groups excluding carboxylic acids is 2. The lowest BCUT2D eigenvalue weighted by molar-refractivity contribution is -0.137. The van der Waals surface area contributed by atoms with Crippen molar-refractivity contribution in [1.82, 2.24) is 21.5 Å². The lowest BCUT2D eigenvalue weighted by Crippen LogP contribution is -2.52. The summed E-state index contributed by atoms with van der Waals surface area (Å²) in [5.41, 5.74) is 3.86. The standard InChI is InChI=1S/C15H19F3N4O3S/c1-9(8-25-2)20-14(26)22-21-12(23)7-19-13(24)10-3-5-11(6-4-10)15(16,17)18/h3-6,9H,7-8H2,1-2H3,(H,19,24)(H,21,23)(H2,20,22,26)/t9-/m1/s1. The Labute approximate surface area is 153 Å². The van der Waals surface area contributed by atoms with Gasteiger partial charge in [-0.25, -0.2) is 0 Å². The molecule has 7 nitrogen and oxygen atoms in total. The number of thiocarbonyl (C=S) groups is 1. The molecule has 1 aromatic carbocycles. The fourth-order valence-corrected chi connectivity index (χ4v) is 2.05. The second kappa shape index (κ2) is 9.92. The van der Waals surface area contributed by atoms with Crippen molar-refractivity contribution in [3.05, 3.63) is 35.4 Å². The highest BCUT2D eigenvalue weighted by Gasteiger charge is 2.30. The van der Waals surface area contributed by atoms with Crippen molar-refractivity contribution in [2.45, 2.75) is 19.1 Å². The van der Waals surface area contributed by atoms with Crippen molar-refractivity contribution in [3.8, 4) is 0 Å². The van der Waals surface area contributed by atoms with Gasteiger partial charge in [-0.3, -0.25) is 20.4 Å². The summed E-state index contributed by atoms with van der Waals surface area (Å²) >= 11 is 4.95. The molecule has 26 heavy (non-hydrogen) atoms. The molecule has 0 bridgehead atoms. The molecule has 0 aliphatic heterocycles. The van der Waals surface area contributed by atoms with Gasteiger partial charge in [0, 0.05) is 18.7 Å². The first-order chi connectivity index (χ1) is 12.1. The van der Waals surface area contributed by atoms with Crippen LogP contribution in [0.4, 0.5) is 13.2 Å². The van der Waals surface area contributed by atoms with Crippen LogP contribution >= 0.6 is 12.2 Å². The monoisotopic (exact) mass is 392 g/mol. The Morgan fingerprint density at radius 1 is 1.19 bits per heavy atom. The van der Waals surface area contributed by atoms with Gasteiger partial charge in [-0.15, -0.1) is 0 Å². The Morgan fingerprint density at radius 2 is 1.81 bits per heavy atom. The molecule has 0 saturated carbocycles. The van der Waals surface area contributed by atoms with Gasteiger partial charge in [-0.1, -0.05) is 0 Å². The summed E-state index contributed by atoms with van der Waals surface area (Å²) in [4.78, 5) is 23.5. The Balaban J connectivity index is 2.38. The minimum Gasteiger partial charge on any atom is -0.383 e. The zero-order valence-corrected chi connectivity index (χ0v) is 14.9. The van der Waals surface area contributed by atoms with Crippen molar-refractivity contribution < 1.29 is 27.5 Å². The predicted octanol–water partition coefficient (Wildman–Crippen LogP) is 0.965. The van der Waals surface area contributed by atoms with E-state index in [1.165, 1.54) is 7.11 Å². The largest absolute Gasteiger partial charge is 0.416 e. The number of ether oxygens (including phenoxy) is 1. The van der Waals surface area contributed by atoms with Crippen LogP contribution < -0.4 is 21.5 Å². The molecule has 0 spiro atoms. The first kappa shape index (κ1) is 21.6. The molecule has 0 fully saturated rings. The highest BCUT2D eigenvalue weighted by atomic mass is 32.1. The number of hydrogen-bond donors (Lipinski definition) is 4. The van der Waals surface area contributed by atoms with E-state index in [4.69, 9.17) is 17.0 Å². The van der Waals surface area contributed by atoms with Crippen LogP contribution in [-0.4, -0.2) is 43.2 Å². The topological polar surface area (TPSA) is 91.5 Å². The van der Waals surface area contributed by atoms with Crippen molar-refractivity contribution in [1.29, 1.82) is 0 Å². The van der Waals surface area contributed by atoms with E-state index in [1.54, 1.807) is 0 Å². The zero-order chi connectivity index (χ0) is 19.7. The molecular weight excluding hydrogens is 373 g/mol. The van der Waals surface area contributed by atoms with E-state index in [2.05, 4.69) is 21.5 Å². The third-order valence-electron chi connectivity index (χ3n) is 2.99. The van der Waals surface area contributed by atoms with E-state index < -0.39 is 23.6 Å². The summed E-state index contributed by atoms with van der Waals surface area (Å²) < 4.78 is 42.3. The van der Waals surface area contributed by atoms with Gasteiger partial charge in [-0.05, 0) is 43.4 Å². The number of hydrazine groups is 1. The van der Waals surface area contributed by atoms with Gasteiger partial charge in [-0.2, -0.15) is 13.2 Å². The smallest absolute Gasteiger partial charge is 0.383 e. The molecule has 1 atom stereocenters. The summed E-state index contributed by atoms with van der Waals surface area (Å²) in [7, 11) is 1.54. The third-order valence-corrected chi connectivity index (χ3v) is 3.21. The second-order valence-corrected chi connectivity index (χ2v) is 5.67. The maximum atomic E-state index is 12.5. The van der Waals surface area contributed by atoms with Crippen molar-refractivity contribution in [2.24, 2.45) is 0 Å². The lowest BCUT2D eigenvalue weighted by atomic mass is 10.1.